The van der Waals surface area contributed by atoms with Crippen LogP contribution in [0.25, 0.3) is 5.57 Å². The molecule has 1 aromatic rings. The van der Waals surface area contributed by atoms with Gasteiger partial charge in [0, 0.05) is 6.08 Å². The summed E-state index contributed by atoms with van der Waals surface area (Å²) >= 11 is 0. The molecule has 0 spiro atoms. The molecule has 6 heteroatoms. The molecular formula is C13H12O6. The van der Waals surface area contributed by atoms with Crippen LogP contribution in [0.15, 0.2) is 24.3 Å². The number of esters is 2. The number of carbonyl (C=O) groups is 3. The maximum atomic E-state index is 11.6. The van der Waals surface area contributed by atoms with Gasteiger partial charge in [-0.2, -0.15) is 0 Å². The van der Waals surface area contributed by atoms with Crippen molar-refractivity contribution in [2.24, 2.45) is 0 Å². The van der Waals surface area contributed by atoms with Crippen LogP contribution in [-0.4, -0.2) is 37.6 Å². The van der Waals surface area contributed by atoms with Crippen molar-refractivity contribution < 1.29 is 29.0 Å². The standard InChI is InChI=1S/C13H12O6/c1-18-12(16)6-10(13(17)19-2)8-3-4-11(15)9(5-8)7-14/h3-7,15H,1-2H3/b10-6+. The topological polar surface area (TPSA) is 89.9 Å². The lowest BCUT2D eigenvalue weighted by atomic mass is 10.0. The van der Waals surface area contributed by atoms with E-state index in [1.54, 1.807) is 0 Å². The molecule has 0 unspecified atom stereocenters. The van der Waals surface area contributed by atoms with E-state index in [4.69, 9.17) is 0 Å². The molecule has 0 aliphatic heterocycles. The molecule has 1 aromatic carbocycles. The van der Waals surface area contributed by atoms with Crippen LogP contribution in [0.5, 0.6) is 5.75 Å². The van der Waals surface area contributed by atoms with E-state index in [2.05, 4.69) is 9.47 Å². The van der Waals surface area contributed by atoms with Crippen molar-refractivity contribution in [1.82, 2.24) is 0 Å². The number of hydrogen-bond donors (Lipinski definition) is 1. The van der Waals surface area contributed by atoms with Crippen molar-refractivity contribution in [1.29, 1.82) is 0 Å². The molecule has 0 atom stereocenters. The minimum Gasteiger partial charge on any atom is -0.507 e. The van der Waals surface area contributed by atoms with Gasteiger partial charge < -0.3 is 14.6 Å². The third kappa shape index (κ3) is 3.41. The molecule has 0 heterocycles. The number of carbonyl (C=O) groups excluding carboxylic acids is 3. The van der Waals surface area contributed by atoms with Crippen molar-refractivity contribution in [2.75, 3.05) is 14.2 Å². The Hall–Kier alpha value is -2.63. The molecule has 0 bridgehead atoms. The summed E-state index contributed by atoms with van der Waals surface area (Å²) in [5.41, 5.74) is 0.187. The summed E-state index contributed by atoms with van der Waals surface area (Å²) in [4.78, 5) is 33.5. The molecule has 1 N–H and O–H groups in total. The number of aromatic hydroxyl groups is 1. The maximum absolute atomic E-state index is 11.6. The van der Waals surface area contributed by atoms with Gasteiger partial charge in [-0.05, 0) is 17.7 Å². The fourth-order valence-corrected chi connectivity index (χ4v) is 1.36. The Morgan fingerprint density at radius 3 is 2.42 bits per heavy atom. The van der Waals surface area contributed by atoms with Gasteiger partial charge in [0.05, 0.1) is 25.4 Å². The van der Waals surface area contributed by atoms with E-state index in [1.165, 1.54) is 25.3 Å². The van der Waals surface area contributed by atoms with Gasteiger partial charge in [-0.15, -0.1) is 0 Å². The molecule has 19 heavy (non-hydrogen) atoms. The van der Waals surface area contributed by atoms with E-state index >= 15 is 0 Å². The van der Waals surface area contributed by atoms with Gasteiger partial charge in [0.25, 0.3) is 0 Å². The molecule has 1 rings (SSSR count). The maximum Gasteiger partial charge on any atom is 0.338 e. The van der Waals surface area contributed by atoms with E-state index < -0.39 is 11.9 Å². The van der Waals surface area contributed by atoms with Gasteiger partial charge >= 0.3 is 11.9 Å². The lowest BCUT2D eigenvalue weighted by molar-refractivity contribution is -0.136. The van der Waals surface area contributed by atoms with E-state index in [0.29, 0.717) is 6.29 Å². The van der Waals surface area contributed by atoms with Gasteiger partial charge in [0.15, 0.2) is 6.29 Å². The van der Waals surface area contributed by atoms with Gasteiger partial charge in [0.1, 0.15) is 5.75 Å². The summed E-state index contributed by atoms with van der Waals surface area (Å²) in [5, 5.41) is 9.38. The third-order valence-electron chi connectivity index (χ3n) is 2.33. The van der Waals surface area contributed by atoms with E-state index in [9.17, 15) is 19.5 Å². The van der Waals surface area contributed by atoms with Crippen LogP contribution in [0.3, 0.4) is 0 Å². The Morgan fingerprint density at radius 2 is 1.89 bits per heavy atom. The highest BCUT2D eigenvalue weighted by Gasteiger charge is 2.16. The number of phenolic OH excluding ortho intramolecular Hbond substituents is 1. The van der Waals surface area contributed by atoms with Crippen LogP contribution in [0.2, 0.25) is 0 Å². The first kappa shape index (κ1) is 14.4. The fraction of sp³-hybridized carbons (Fsp3) is 0.154. The zero-order valence-corrected chi connectivity index (χ0v) is 10.4. The molecular weight excluding hydrogens is 252 g/mol. The minimum absolute atomic E-state index is 0.00262. The summed E-state index contributed by atoms with van der Waals surface area (Å²) in [6.07, 6.45) is 1.39. The second-order valence-corrected chi connectivity index (χ2v) is 3.46. The highest BCUT2D eigenvalue weighted by molar-refractivity contribution is 6.20. The fourth-order valence-electron chi connectivity index (χ4n) is 1.36. The Kier molecular flexibility index (Phi) is 4.82. The number of benzene rings is 1. The first-order valence-electron chi connectivity index (χ1n) is 5.20. The minimum atomic E-state index is -0.757. The molecule has 0 saturated carbocycles. The smallest absolute Gasteiger partial charge is 0.338 e. The largest absolute Gasteiger partial charge is 0.507 e. The number of aldehydes is 1. The number of ether oxygens (including phenoxy) is 2. The summed E-state index contributed by atoms with van der Waals surface area (Å²) in [6, 6.07) is 3.90. The van der Waals surface area contributed by atoms with Crippen LogP contribution in [0.1, 0.15) is 15.9 Å². The van der Waals surface area contributed by atoms with Crippen LogP contribution in [-0.2, 0) is 19.1 Å². The Bertz CT molecular complexity index is 544. The highest BCUT2D eigenvalue weighted by atomic mass is 16.5. The summed E-state index contributed by atoms with van der Waals surface area (Å²) < 4.78 is 8.99. The molecule has 0 amide bonds. The quantitative estimate of drug-likeness (QED) is 0.494. The SMILES string of the molecule is COC(=O)/C=C(/C(=O)OC)c1ccc(O)c(C=O)c1. The number of hydrogen-bond acceptors (Lipinski definition) is 6. The molecule has 6 nitrogen and oxygen atoms in total. The third-order valence-corrected chi connectivity index (χ3v) is 2.33. The number of rotatable bonds is 4. The second kappa shape index (κ2) is 6.34. The van der Waals surface area contributed by atoms with Crippen LogP contribution in [0.4, 0.5) is 0 Å². The monoisotopic (exact) mass is 264 g/mol. The molecule has 0 aliphatic carbocycles. The van der Waals surface area contributed by atoms with Crippen molar-refractivity contribution >= 4 is 23.8 Å². The average Bonchev–Trinajstić information content (AvgIpc) is 2.44. The van der Waals surface area contributed by atoms with E-state index in [-0.39, 0.29) is 22.4 Å². The molecule has 0 saturated heterocycles. The van der Waals surface area contributed by atoms with Crippen LogP contribution < -0.4 is 0 Å². The highest BCUT2D eigenvalue weighted by Crippen LogP contribution is 2.22. The van der Waals surface area contributed by atoms with Crippen molar-refractivity contribution in [3.63, 3.8) is 0 Å². The number of methoxy groups -OCH3 is 2. The predicted octanol–water partition coefficient (Wildman–Crippen LogP) is 0.934. The zero-order valence-electron chi connectivity index (χ0n) is 10.4. The first-order chi connectivity index (χ1) is 9.03. The van der Waals surface area contributed by atoms with E-state index in [0.717, 1.165) is 13.2 Å². The zero-order chi connectivity index (χ0) is 14.4. The summed E-state index contributed by atoms with van der Waals surface area (Å²) in [5.74, 6) is -1.71. The molecule has 0 radical (unpaired) electrons. The molecule has 0 aromatic heterocycles. The van der Waals surface area contributed by atoms with Gasteiger partial charge in [-0.3, -0.25) is 4.79 Å². The lowest BCUT2D eigenvalue weighted by Gasteiger charge is -2.07. The normalized spacial score (nSPS) is 10.7. The van der Waals surface area contributed by atoms with Gasteiger partial charge in [0.2, 0.25) is 0 Å². The van der Waals surface area contributed by atoms with Gasteiger partial charge in [-0.25, -0.2) is 9.59 Å². The van der Waals surface area contributed by atoms with Crippen LogP contribution in [0, 0.1) is 0 Å². The molecule has 0 aliphatic rings. The Balaban J connectivity index is 3.33. The van der Waals surface area contributed by atoms with Crippen molar-refractivity contribution in [3.8, 4) is 5.75 Å². The predicted molar refractivity (Wildman–Crippen MR) is 65.5 cm³/mol. The van der Waals surface area contributed by atoms with Crippen LogP contribution >= 0.6 is 0 Å². The van der Waals surface area contributed by atoms with E-state index in [1.807, 2.05) is 0 Å². The summed E-state index contributed by atoms with van der Waals surface area (Å²) in [7, 11) is 2.33. The Labute approximate surface area is 109 Å². The first-order valence-corrected chi connectivity index (χ1v) is 5.20. The van der Waals surface area contributed by atoms with Crippen molar-refractivity contribution in [2.45, 2.75) is 0 Å². The lowest BCUT2D eigenvalue weighted by Crippen LogP contribution is -2.07. The molecule has 100 valence electrons. The van der Waals surface area contributed by atoms with Gasteiger partial charge in [-0.1, -0.05) is 6.07 Å². The number of phenols is 1. The average molecular weight is 264 g/mol. The Morgan fingerprint density at radius 1 is 1.21 bits per heavy atom. The van der Waals surface area contributed by atoms with Crippen molar-refractivity contribution in [3.05, 3.63) is 35.4 Å². The molecule has 0 fully saturated rings. The second-order valence-electron chi connectivity index (χ2n) is 3.46. The summed E-state index contributed by atoms with van der Waals surface area (Å²) in [6.45, 7) is 0.